The van der Waals surface area contributed by atoms with Crippen molar-refractivity contribution in [2.45, 2.75) is 38.5 Å². The summed E-state index contributed by atoms with van der Waals surface area (Å²) >= 11 is 0. The molecule has 0 spiro atoms. The smallest absolute Gasteiger partial charge is 0.318 e. The topological polar surface area (TPSA) is 110 Å². The van der Waals surface area contributed by atoms with Gasteiger partial charge in [0.25, 0.3) is 0 Å². The predicted octanol–water partition coefficient (Wildman–Crippen LogP) is 3.69. The van der Waals surface area contributed by atoms with Gasteiger partial charge >= 0.3 is 6.03 Å². The number of pyridine rings is 1. The van der Waals surface area contributed by atoms with E-state index in [1.165, 1.54) is 0 Å². The number of urea groups is 1. The summed E-state index contributed by atoms with van der Waals surface area (Å²) in [6.45, 7) is 4.33. The molecule has 2 amide bonds. The van der Waals surface area contributed by atoms with E-state index in [0.29, 0.717) is 18.1 Å². The molecule has 5 heterocycles. The van der Waals surface area contributed by atoms with Gasteiger partial charge in [-0.05, 0) is 56.2 Å². The number of hydrogen-bond acceptors (Lipinski definition) is 7. The molecule has 2 N–H and O–H groups in total. The Morgan fingerprint density at radius 2 is 1.86 bits per heavy atom. The van der Waals surface area contributed by atoms with E-state index in [1.54, 1.807) is 13.2 Å². The zero-order chi connectivity index (χ0) is 24.6. The van der Waals surface area contributed by atoms with Gasteiger partial charge in [-0.2, -0.15) is 5.10 Å². The third kappa shape index (κ3) is 4.03. The second kappa shape index (κ2) is 9.19. The first-order valence-corrected chi connectivity index (χ1v) is 12.3. The molecule has 0 aliphatic carbocycles. The maximum absolute atomic E-state index is 11.7. The van der Waals surface area contributed by atoms with E-state index >= 15 is 0 Å². The highest BCUT2D eigenvalue weighted by molar-refractivity contribution is 6.00. The van der Waals surface area contributed by atoms with Crippen LogP contribution < -0.4 is 15.5 Å². The Hall–Kier alpha value is -4.05. The number of fused-ring (bicyclic) bond motifs is 3. The van der Waals surface area contributed by atoms with Crippen molar-refractivity contribution >= 4 is 28.6 Å². The Labute approximate surface area is 208 Å². The number of morpholine rings is 1. The van der Waals surface area contributed by atoms with Crippen LogP contribution in [0.1, 0.15) is 19.8 Å². The lowest BCUT2D eigenvalue weighted by Gasteiger charge is -2.33. The van der Waals surface area contributed by atoms with Crippen molar-refractivity contribution in [1.82, 2.24) is 30.0 Å². The molecule has 4 aromatic rings. The van der Waals surface area contributed by atoms with Crippen LogP contribution in [0.15, 0.2) is 48.8 Å². The first-order valence-electron chi connectivity index (χ1n) is 12.3. The van der Waals surface area contributed by atoms with E-state index in [1.807, 2.05) is 47.3 Å². The van der Waals surface area contributed by atoms with Crippen LogP contribution >= 0.6 is 0 Å². The average Bonchev–Trinajstić information content (AvgIpc) is 3.47. The fourth-order valence-electron chi connectivity index (χ4n) is 5.02. The molecule has 2 aliphatic rings. The number of carbonyl (C=O) groups is 1. The number of hydrogen-bond donors (Lipinski definition) is 2. The number of ether oxygens (including phenoxy) is 1. The van der Waals surface area contributed by atoms with E-state index < -0.39 is 0 Å². The summed E-state index contributed by atoms with van der Waals surface area (Å²) in [7, 11) is 1.59. The van der Waals surface area contributed by atoms with Gasteiger partial charge in [0, 0.05) is 55.9 Å². The van der Waals surface area contributed by atoms with E-state index in [-0.39, 0.29) is 18.2 Å². The second-order valence-electron chi connectivity index (χ2n) is 9.12. The molecule has 0 saturated carbocycles. The van der Waals surface area contributed by atoms with Crippen LogP contribution in [0, 0.1) is 0 Å². The van der Waals surface area contributed by atoms with Crippen molar-refractivity contribution in [2.24, 2.45) is 0 Å². The highest BCUT2D eigenvalue weighted by Crippen LogP contribution is 2.38. The number of benzene rings is 1. The average molecular weight is 485 g/mol. The normalized spacial score (nSPS) is 19.0. The molecule has 1 aromatic carbocycles. The number of nitrogens with zero attached hydrogens (tertiary/aromatic N) is 6. The van der Waals surface area contributed by atoms with Gasteiger partial charge in [-0.3, -0.25) is 4.98 Å². The highest BCUT2D eigenvalue weighted by atomic mass is 16.5. The molecule has 3 aromatic heterocycles. The monoisotopic (exact) mass is 484 g/mol. The summed E-state index contributed by atoms with van der Waals surface area (Å²) < 4.78 is 8.05. The van der Waals surface area contributed by atoms with Crippen molar-refractivity contribution in [1.29, 1.82) is 0 Å². The lowest BCUT2D eigenvalue weighted by molar-refractivity contribution is 0.0303. The Morgan fingerprint density at radius 3 is 2.53 bits per heavy atom. The lowest BCUT2D eigenvalue weighted by atomic mass is 10.1. The molecule has 2 saturated heterocycles. The third-order valence-electron chi connectivity index (χ3n) is 6.78. The van der Waals surface area contributed by atoms with Crippen LogP contribution in [-0.2, 0) is 11.3 Å². The van der Waals surface area contributed by atoms with Gasteiger partial charge in [0.05, 0.1) is 17.6 Å². The third-order valence-corrected chi connectivity index (χ3v) is 6.78. The molecule has 0 radical (unpaired) electrons. The van der Waals surface area contributed by atoms with Crippen LogP contribution in [0.5, 0.6) is 0 Å². The van der Waals surface area contributed by atoms with Crippen molar-refractivity contribution in [3.05, 3.63) is 48.8 Å². The van der Waals surface area contributed by atoms with Gasteiger partial charge in [-0.1, -0.05) is 0 Å². The Morgan fingerprint density at radius 1 is 1.08 bits per heavy atom. The Bertz CT molecular complexity index is 1390. The number of carbonyl (C=O) groups excluding carboxylic acids is 1. The van der Waals surface area contributed by atoms with Crippen LogP contribution in [0.25, 0.3) is 33.7 Å². The molecule has 36 heavy (non-hydrogen) atoms. The van der Waals surface area contributed by atoms with Gasteiger partial charge in [0.1, 0.15) is 11.5 Å². The van der Waals surface area contributed by atoms with Crippen LogP contribution in [0.4, 0.5) is 16.3 Å². The van der Waals surface area contributed by atoms with Crippen molar-refractivity contribution < 1.29 is 9.53 Å². The molecule has 10 heteroatoms. The van der Waals surface area contributed by atoms with E-state index in [2.05, 4.69) is 27.4 Å². The SMILES string of the molecule is CCn1nc(-c2cccnc2)c2c(N3CC4CCC(C3)O4)nc(-c3ccc(NC(=O)NC)cc3)nc21. The first-order chi connectivity index (χ1) is 17.6. The summed E-state index contributed by atoms with van der Waals surface area (Å²) in [6, 6.07) is 11.2. The molecule has 2 atom stereocenters. The molecule has 6 rings (SSSR count). The summed E-state index contributed by atoms with van der Waals surface area (Å²) in [5, 5.41) is 11.2. The Kier molecular flexibility index (Phi) is 5.73. The van der Waals surface area contributed by atoms with Gasteiger partial charge in [0.15, 0.2) is 11.5 Å². The lowest BCUT2D eigenvalue weighted by Crippen LogP contribution is -2.43. The minimum atomic E-state index is -0.264. The second-order valence-corrected chi connectivity index (χ2v) is 9.12. The molecular formula is C26H28N8O2. The molecule has 184 valence electrons. The molecule has 10 nitrogen and oxygen atoms in total. The number of amides is 2. The number of aryl methyl sites for hydroxylation is 1. The van der Waals surface area contributed by atoms with E-state index in [0.717, 1.165) is 59.6 Å². The zero-order valence-electron chi connectivity index (χ0n) is 20.3. The maximum atomic E-state index is 11.7. The maximum Gasteiger partial charge on any atom is 0.318 e. The van der Waals surface area contributed by atoms with E-state index in [9.17, 15) is 4.79 Å². The van der Waals surface area contributed by atoms with Crippen molar-refractivity contribution in [3.8, 4) is 22.6 Å². The molecule has 2 aliphatic heterocycles. The largest absolute Gasteiger partial charge is 0.371 e. The summed E-state index contributed by atoms with van der Waals surface area (Å²) in [5.41, 5.74) is 4.13. The Balaban J connectivity index is 1.51. The number of anilines is 2. The van der Waals surface area contributed by atoms with Crippen LogP contribution in [-0.4, -0.2) is 63.1 Å². The van der Waals surface area contributed by atoms with Gasteiger partial charge in [-0.15, -0.1) is 0 Å². The van der Waals surface area contributed by atoms with Crippen molar-refractivity contribution in [2.75, 3.05) is 30.4 Å². The molecule has 2 bridgehead atoms. The quantitative estimate of drug-likeness (QED) is 0.444. The van der Waals surface area contributed by atoms with Gasteiger partial charge in [0.2, 0.25) is 0 Å². The van der Waals surface area contributed by atoms with Crippen LogP contribution in [0.3, 0.4) is 0 Å². The van der Waals surface area contributed by atoms with Gasteiger partial charge in [-0.25, -0.2) is 19.4 Å². The summed E-state index contributed by atoms with van der Waals surface area (Å²) in [5.74, 6) is 1.50. The minimum Gasteiger partial charge on any atom is -0.371 e. The number of nitrogens with one attached hydrogen (secondary N) is 2. The fourth-order valence-corrected chi connectivity index (χ4v) is 5.02. The van der Waals surface area contributed by atoms with E-state index in [4.69, 9.17) is 19.8 Å². The van der Waals surface area contributed by atoms with Crippen molar-refractivity contribution in [3.63, 3.8) is 0 Å². The molecular weight excluding hydrogens is 456 g/mol. The molecule has 2 fully saturated rings. The first kappa shape index (κ1) is 22.4. The number of aromatic nitrogens is 5. The molecule has 2 unspecified atom stereocenters. The zero-order valence-corrected chi connectivity index (χ0v) is 20.3. The number of rotatable bonds is 5. The predicted molar refractivity (Wildman–Crippen MR) is 138 cm³/mol. The van der Waals surface area contributed by atoms with Crippen LogP contribution in [0.2, 0.25) is 0 Å². The standard InChI is InChI=1S/C26H28N8O2/c1-3-34-25-21(22(32-34)17-5-4-12-28-13-17)24(33-14-19-10-11-20(15-33)36-19)30-23(31-25)16-6-8-18(9-7-16)29-26(35)27-2/h4-9,12-13,19-20H,3,10-11,14-15H2,1-2H3,(H2,27,29,35). The highest BCUT2D eigenvalue weighted by Gasteiger charge is 2.36. The minimum absolute atomic E-state index is 0.218. The summed E-state index contributed by atoms with van der Waals surface area (Å²) in [4.78, 5) is 28.4. The summed E-state index contributed by atoms with van der Waals surface area (Å²) in [6.07, 6.45) is 6.18. The fraction of sp³-hybridized carbons (Fsp3) is 0.346. The van der Waals surface area contributed by atoms with Gasteiger partial charge < -0.3 is 20.3 Å².